The number of hydrogen-bond donors (Lipinski definition) is 2. The zero-order chi connectivity index (χ0) is 13.5. The van der Waals surface area contributed by atoms with Crippen LogP contribution in [0.1, 0.15) is 23.7 Å². The van der Waals surface area contributed by atoms with Gasteiger partial charge in [0.15, 0.2) is 5.82 Å². The van der Waals surface area contributed by atoms with E-state index in [2.05, 4.69) is 5.32 Å². The Kier molecular flexibility index (Phi) is 5.91. The molecule has 0 aromatic heterocycles. The lowest BCUT2D eigenvalue weighted by Crippen LogP contribution is -2.26. The number of halogens is 2. The molecule has 1 rings (SSSR count). The SMILES string of the molecule is CCSCCCNC(=O)c1cc(F)cc(N)c1F. The molecule has 0 aliphatic rings. The van der Waals surface area contributed by atoms with Gasteiger partial charge >= 0.3 is 0 Å². The van der Waals surface area contributed by atoms with Crippen molar-refractivity contribution in [3.05, 3.63) is 29.3 Å². The smallest absolute Gasteiger partial charge is 0.254 e. The molecule has 18 heavy (non-hydrogen) atoms. The highest BCUT2D eigenvalue weighted by Crippen LogP contribution is 2.17. The Morgan fingerprint density at radius 1 is 1.44 bits per heavy atom. The molecule has 3 nitrogen and oxygen atoms in total. The summed E-state index contributed by atoms with van der Waals surface area (Å²) in [7, 11) is 0. The first-order chi connectivity index (χ1) is 8.56. The van der Waals surface area contributed by atoms with Gasteiger partial charge in [0, 0.05) is 6.54 Å². The van der Waals surface area contributed by atoms with Crippen LogP contribution < -0.4 is 11.1 Å². The Morgan fingerprint density at radius 3 is 2.83 bits per heavy atom. The molecule has 3 N–H and O–H groups in total. The van der Waals surface area contributed by atoms with Crippen molar-refractivity contribution in [3.8, 4) is 0 Å². The van der Waals surface area contributed by atoms with Crippen molar-refractivity contribution in [3.63, 3.8) is 0 Å². The summed E-state index contributed by atoms with van der Waals surface area (Å²) in [6.45, 7) is 2.48. The van der Waals surface area contributed by atoms with E-state index < -0.39 is 17.5 Å². The quantitative estimate of drug-likeness (QED) is 0.619. The third-order valence-electron chi connectivity index (χ3n) is 2.27. The second-order valence-corrected chi connectivity index (χ2v) is 5.06. The number of nitrogen functional groups attached to an aromatic ring is 1. The third kappa shape index (κ3) is 4.18. The minimum absolute atomic E-state index is 0.351. The summed E-state index contributed by atoms with van der Waals surface area (Å²) in [5.41, 5.74) is 4.54. The van der Waals surface area contributed by atoms with Crippen molar-refractivity contribution < 1.29 is 13.6 Å². The van der Waals surface area contributed by atoms with Crippen LogP contribution >= 0.6 is 11.8 Å². The zero-order valence-corrected chi connectivity index (χ0v) is 10.9. The Morgan fingerprint density at radius 2 is 2.17 bits per heavy atom. The Labute approximate surface area is 109 Å². The van der Waals surface area contributed by atoms with Gasteiger partial charge in [-0.2, -0.15) is 11.8 Å². The molecule has 0 heterocycles. The fourth-order valence-corrected chi connectivity index (χ4v) is 2.03. The molecule has 0 saturated heterocycles. The monoisotopic (exact) mass is 274 g/mol. The molecule has 0 fully saturated rings. The highest BCUT2D eigenvalue weighted by molar-refractivity contribution is 7.99. The molecule has 1 aromatic rings. The summed E-state index contributed by atoms with van der Waals surface area (Å²) in [6, 6.07) is 1.70. The molecule has 0 aliphatic carbocycles. The standard InChI is InChI=1S/C12H16F2N2OS/c1-2-18-5-3-4-16-12(17)9-6-8(13)7-10(15)11(9)14/h6-7H,2-5,15H2,1H3,(H,16,17). The summed E-state index contributed by atoms with van der Waals surface area (Å²) in [6.07, 6.45) is 0.788. The van der Waals surface area contributed by atoms with Crippen molar-refractivity contribution in [2.24, 2.45) is 0 Å². The van der Waals surface area contributed by atoms with Crippen LogP contribution in [0, 0.1) is 11.6 Å². The van der Waals surface area contributed by atoms with Gasteiger partial charge in [0.2, 0.25) is 0 Å². The number of amides is 1. The maximum Gasteiger partial charge on any atom is 0.254 e. The van der Waals surface area contributed by atoms with Crippen LogP contribution in [0.3, 0.4) is 0 Å². The Balaban J connectivity index is 2.56. The lowest BCUT2D eigenvalue weighted by Gasteiger charge is -2.07. The van der Waals surface area contributed by atoms with Crippen LogP contribution in [0.2, 0.25) is 0 Å². The van der Waals surface area contributed by atoms with E-state index in [-0.39, 0.29) is 11.3 Å². The number of carbonyl (C=O) groups excluding carboxylic acids is 1. The zero-order valence-electron chi connectivity index (χ0n) is 10.1. The van der Waals surface area contributed by atoms with Gasteiger partial charge in [-0.25, -0.2) is 8.78 Å². The molecule has 0 atom stereocenters. The number of anilines is 1. The highest BCUT2D eigenvalue weighted by atomic mass is 32.2. The minimum Gasteiger partial charge on any atom is -0.396 e. The van der Waals surface area contributed by atoms with E-state index in [4.69, 9.17) is 5.73 Å². The average molecular weight is 274 g/mol. The van der Waals surface area contributed by atoms with E-state index >= 15 is 0 Å². The van der Waals surface area contributed by atoms with E-state index in [1.165, 1.54) is 0 Å². The molecule has 6 heteroatoms. The van der Waals surface area contributed by atoms with Crippen LogP contribution in [0.5, 0.6) is 0 Å². The van der Waals surface area contributed by atoms with Gasteiger partial charge in [-0.3, -0.25) is 4.79 Å². The third-order valence-corrected chi connectivity index (χ3v) is 3.25. The second-order valence-electron chi connectivity index (χ2n) is 3.66. The number of benzene rings is 1. The largest absolute Gasteiger partial charge is 0.396 e. The molecule has 1 amide bonds. The molecule has 0 bridgehead atoms. The first kappa shape index (κ1) is 14.8. The molecular formula is C12H16F2N2OS. The summed E-state index contributed by atoms with van der Waals surface area (Å²) >= 11 is 1.76. The molecular weight excluding hydrogens is 258 g/mol. The van der Waals surface area contributed by atoms with Crippen molar-refractivity contribution in [2.75, 3.05) is 23.8 Å². The van der Waals surface area contributed by atoms with Crippen LogP contribution in [0.4, 0.5) is 14.5 Å². The van der Waals surface area contributed by atoms with Crippen LogP contribution in [0.25, 0.3) is 0 Å². The van der Waals surface area contributed by atoms with Gasteiger partial charge < -0.3 is 11.1 Å². The van der Waals surface area contributed by atoms with Crippen LogP contribution in [-0.2, 0) is 0 Å². The van der Waals surface area contributed by atoms with Gasteiger partial charge in [-0.15, -0.1) is 0 Å². The normalized spacial score (nSPS) is 10.4. The highest BCUT2D eigenvalue weighted by Gasteiger charge is 2.15. The van der Waals surface area contributed by atoms with E-state index in [0.29, 0.717) is 6.54 Å². The maximum absolute atomic E-state index is 13.5. The molecule has 0 unspecified atom stereocenters. The Hall–Kier alpha value is -1.30. The molecule has 1 aromatic carbocycles. The number of hydrogen-bond acceptors (Lipinski definition) is 3. The fourth-order valence-electron chi connectivity index (χ4n) is 1.39. The second kappa shape index (κ2) is 7.20. The van der Waals surface area contributed by atoms with Gasteiger partial charge in [0.25, 0.3) is 5.91 Å². The average Bonchev–Trinajstić information content (AvgIpc) is 2.33. The number of carbonyl (C=O) groups is 1. The van der Waals surface area contributed by atoms with Gasteiger partial charge in [-0.1, -0.05) is 6.92 Å². The summed E-state index contributed by atoms with van der Waals surface area (Å²) < 4.78 is 26.5. The number of rotatable bonds is 6. The van der Waals surface area contributed by atoms with Crippen LogP contribution in [0.15, 0.2) is 12.1 Å². The first-order valence-corrected chi connectivity index (χ1v) is 6.82. The van der Waals surface area contributed by atoms with E-state index in [1.54, 1.807) is 11.8 Å². The van der Waals surface area contributed by atoms with Crippen LogP contribution in [-0.4, -0.2) is 24.0 Å². The molecule has 0 radical (unpaired) electrons. The number of thioether (sulfide) groups is 1. The van der Waals surface area contributed by atoms with Gasteiger partial charge in [0.05, 0.1) is 11.3 Å². The molecule has 0 spiro atoms. The Bertz CT molecular complexity index is 427. The number of nitrogens with two attached hydrogens (primary N) is 1. The summed E-state index contributed by atoms with van der Waals surface area (Å²) in [4.78, 5) is 11.6. The summed E-state index contributed by atoms with van der Waals surface area (Å²) in [5.74, 6) is -0.300. The topological polar surface area (TPSA) is 55.1 Å². The lowest BCUT2D eigenvalue weighted by atomic mass is 10.1. The predicted molar refractivity (Wildman–Crippen MR) is 70.7 cm³/mol. The van der Waals surface area contributed by atoms with Crippen molar-refractivity contribution in [1.29, 1.82) is 0 Å². The molecule has 100 valence electrons. The van der Waals surface area contributed by atoms with E-state index in [1.807, 2.05) is 6.92 Å². The van der Waals surface area contributed by atoms with E-state index in [0.717, 1.165) is 30.1 Å². The van der Waals surface area contributed by atoms with E-state index in [9.17, 15) is 13.6 Å². The van der Waals surface area contributed by atoms with Gasteiger partial charge in [0.1, 0.15) is 5.82 Å². The first-order valence-electron chi connectivity index (χ1n) is 5.66. The molecule has 0 aliphatic heterocycles. The van der Waals surface area contributed by atoms with Crippen molar-refractivity contribution in [1.82, 2.24) is 5.32 Å². The van der Waals surface area contributed by atoms with Crippen molar-refractivity contribution in [2.45, 2.75) is 13.3 Å². The lowest BCUT2D eigenvalue weighted by molar-refractivity contribution is 0.0949. The maximum atomic E-state index is 13.5. The predicted octanol–water partition coefficient (Wildman–Crippen LogP) is 2.42. The minimum atomic E-state index is -0.878. The summed E-state index contributed by atoms with van der Waals surface area (Å²) in [5, 5.41) is 2.54. The fraction of sp³-hybridized carbons (Fsp3) is 0.417. The van der Waals surface area contributed by atoms with Crippen molar-refractivity contribution >= 4 is 23.4 Å². The molecule has 0 saturated carbocycles. The number of nitrogens with one attached hydrogen (secondary N) is 1. The van der Waals surface area contributed by atoms with Gasteiger partial charge in [-0.05, 0) is 30.1 Å².